The minimum absolute atomic E-state index is 0.980. The van der Waals surface area contributed by atoms with Crippen molar-refractivity contribution in [1.82, 2.24) is 0 Å². The van der Waals surface area contributed by atoms with Gasteiger partial charge in [0.05, 0.1) is 0 Å². The second kappa shape index (κ2) is 9.47. The Morgan fingerprint density at radius 1 is 1.22 bits per heavy atom. The standard InChI is InChI=1S/C11H14.C7H12/c1-4-5-11-8-9(2)6-7-10(11)3;1-4-5-6-7(2)3/h4,6-8H,1,5H2,2-3H3;4-6H,1-3H3/b;5-4-. The topological polar surface area (TPSA) is 0 Å². The fourth-order valence-corrected chi connectivity index (χ4v) is 1.46. The molecule has 0 fully saturated rings. The lowest BCUT2D eigenvalue weighted by molar-refractivity contribution is 1.20. The van der Waals surface area contributed by atoms with Crippen LogP contribution in [0.15, 0.2) is 54.7 Å². The van der Waals surface area contributed by atoms with Gasteiger partial charge in [0.15, 0.2) is 0 Å². The van der Waals surface area contributed by atoms with Crippen LogP contribution in [0.4, 0.5) is 0 Å². The first kappa shape index (κ1) is 16.4. The Hall–Kier alpha value is -1.56. The summed E-state index contributed by atoms with van der Waals surface area (Å²) in [5.74, 6) is 0. The van der Waals surface area contributed by atoms with Gasteiger partial charge in [-0.25, -0.2) is 0 Å². The van der Waals surface area contributed by atoms with Crippen LogP contribution in [-0.2, 0) is 6.42 Å². The zero-order valence-electron chi connectivity index (χ0n) is 12.5. The van der Waals surface area contributed by atoms with Crippen LogP contribution in [0.1, 0.15) is 37.5 Å². The van der Waals surface area contributed by atoms with E-state index in [0.717, 1.165) is 6.42 Å². The third-order valence-corrected chi connectivity index (χ3v) is 2.49. The van der Waals surface area contributed by atoms with E-state index < -0.39 is 0 Å². The van der Waals surface area contributed by atoms with Gasteiger partial charge in [0.25, 0.3) is 0 Å². The molecule has 0 aliphatic carbocycles. The summed E-state index contributed by atoms with van der Waals surface area (Å²) < 4.78 is 0. The monoisotopic (exact) mass is 242 g/mol. The molecule has 0 aliphatic rings. The number of benzene rings is 1. The van der Waals surface area contributed by atoms with Gasteiger partial charge in [-0.3, -0.25) is 0 Å². The highest BCUT2D eigenvalue weighted by molar-refractivity contribution is 5.31. The van der Waals surface area contributed by atoms with E-state index in [1.807, 2.05) is 25.2 Å². The maximum absolute atomic E-state index is 3.73. The fourth-order valence-electron chi connectivity index (χ4n) is 1.46. The van der Waals surface area contributed by atoms with E-state index in [4.69, 9.17) is 0 Å². The van der Waals surface area contributed by atoms with Crippen molar-refractivity contribution in [2.24, 2.45) is 0 Å². The number of allylic oxidation sites excluding steroid dienone is 5. The Kier molecular flexibility index (Phi) is 8.65. The normalized spacial score (nSPS) is 9.61. The molecule has 0 radical (unpaired) electrons. The molecule has 0 saturated heterocycles. The summed E-state index contributed by atoms with van der Waals surface area (Å²) in [7, 11) is 0. The fraction of sp³-hybridized carbons (Fsp3) is 0.333. The first-order valence-electron chi connectivity index (χ1n) is 6.44. The van der Waals surface area contributed by atoms with Gasteiger partial charge in [0.1, 0.15) is 0 Å². The van der Waals surface area contributed by atoms with E-state index in [0.29, 0.717) is 0 Å². The molecule has 0 unspecified atom stereocenters. The quantitative estimate of drug-likeness (QED) is 0.481. The summed E-state index contributed by atoms with van der Waals surface area (Å²) in [6.45, 7) is 14.2. The van der Waals surface area contributed by atoms with E-state index in [1.165, 1.54) is 22.3 Å². The second-order valence-electron chi connectivity index (χ2n) is 4.69. The average Bonchev–Trinajstić information content (AvgIpc) is 2.32. The molecule has 18 heavy (non-hydrogen) atoms. The van der Waals surface area contributed by atoms with Crippen molar-refractivity contribution < 1.29 is 0 Å². The lowest BCUT2D eigenvalue weighted by atomic mass is 10.0. The van der Waals surface area contributed by atoms with Crippen LogP contribution in [0.3, 0.4) is 0 Å². The summed E-state index contributed by atoms with van der Waals surface area (Å²) >= 11 is 0. The highest BCUT2D eigenvalue weighted by atomic mass is 14.0. The van der Waals surface area contributed by atoms with E-state index in [1.54, 1.807) is 0 Å². The van der Waals surface area contributed by atoms with E-state index in [2.05, 4.69) is 58.5 Å². The predicted molar refractivity (Wildman–Crippen MR) is 84.1 cm³/mol. The number of rotatable bonds is 3. The largest absolute Gasteiger partial charge is 0.103 e. The van der Waals surface area contributed by atoms with Crippen molar-refractivity contribution in [3.05, 3.63) is 71.3 Å². The van der Waals surface area contributed by atoms with Gasteiger partial charge in [0.2, 0.25) is 0 Å². The molecule has 98 valence electrons. The van der Waals surface area contributed by atoms with E-state index >= 15 is 0 Å². The van der Waals surface area contributed by atoms with Crippen molar-refractivity contribution in [3.63, 3.8) is 0 Å². The molecule has 0 atom stereocenters. The summed E-state index contributed by atoms with van der Waals surface area (Å²) in [6.07, 6.45) is 9.07. The van der Waals surface area contributed by atoms with Crippen LogP contribution < -0.4 is 0 Å². The van der Waals surface area contributed by atoms with Crippen LogP contribution in [0.2, 0.25) is 0 Å². The van der Waals surface area contributed by atoms with Crippen LogP contribution in [0.25, 0.3) is 0 Å². The van der Waals surface area contributed by atoms with Gasteiger partial charge in [0, 0.05) is 0 Å². The highest BCUT2D eigenvalue weighted by Gasteiger charge is 1.94. The van der Waals surface area contributed by atoms with Crippen molar-refractivity contribution >= 4 is 0 Å². The molecule has 1 aromatic carbocycles. The van der Waals surface area contributed by atoms with Gasteiger partial charge in [-0.2, -0.15) is 0 Å². The molecule has 0 heterocycles. The zero-order chi connectivity index (χ0) is 14.0. The molecule has 0 heteroatoms. The summed E-state index contributed by atoms with van der Waals surface area (Å²) in [4.78, 5) is 0. The van der Waals surface area contributed by atoms with Gasteiger partial charge >= 0.3 is 0 Å². The van der Waals surface area contributed by atoms with Gasteiger partial charge < -0.3 is 0 Å². The summed E-state index contributed by atoms with van der Waals surface area (Å²) in [5.41, 5.74) is 5.42. The van der Waals surface area contributed by atoms with Crippen molar-refractivity contribution in [1.29, 1.82) is 0 Å². The Labute approximate surface area is 113 Å². The molecule has 0 spiro atoms. The molecule has 1 aromatic rings. The molecule has 0 aromatic heterocycles. The highest BCUT2D eigenvalue weighted by Crippen LogP contribution is 2.11. The molecule has 0 nitrogen and oxygen atoms in total. The first-order valence-corrected chi connectivity index (χ1v) is 6.44. The van der Waals surface area contributed by atoms with Gasteiger partial charge in [-0.1, -0.05) is 53.6 Å². The van der Waals surface area contributed by atoms with Gasteiger partial charge in [-0.05, 0) is 52.2 Å². The number of aryl methyl sites for hydroxylation is 2. The predicted octanol–water partition coefficient (Wildman–Crippen LogP) is 5.56. The molecular formula is C18H26. The first-order chi connectivity index (χ1) is 8.51. The molecule has 0 bridgehead atoms. The second-order valence-corrected chi connectivity index (χ2v) is 4.69. The molecule has 0 N–H and O–H groups in total. The molecule has 0 amide bonds. The molecular weight excluding hydrogens is 216 g/mol. The number of hydrogen-bond donors (Lipinski definition) is 0. The Balaban J connectivity index is 0.000000360. The summed E-state index contributed by atoms with van der Waals surface area (Å²) in [5, 5.41) is 0. The minimum Gasteiger partial charge on any atom is -0.103 e. The minimum atomic E-state index is 0.980. The molecule has 1 rings (SSSR count). The van der Waals surface area contributed by atoms with Crippen LogP contribution >= 0.6 is 0 Å². The number of hydrogen-bond acceptors (Lipinski definition) is 0. The lowest BCUT2D eigenvalue weighted by Gasteiger charge is -2.02. The van der Waals surface area contributed by atoms with Crippen LogP contribution in [0, 0.1) is 13.8 Å². The van der Waals surface area contributed by atoms with E-state index in [9.17, 15) is 0 Å². The zero-order valence-corrected chi connectivity index (χ0v) is 12.5. The van der Waals surface area contributed by atoms with E-state index in [-0.39, 0.29) is 0 Å². The third kappa shape index (κ3) is 7.67. The maximum atomic E-state index is 3.73. The Morgan fingerprint density at radius 3 is 2.33 bits per heavy atom. The molecule has 0 aliphatic heterocycles. The molecule has 0 saturated carbocycles. The Bertz CT molecular complexity index is 416. The SMILES string of the molecule is C/C=C\C=C(C)C.C=CCc1cc(C)ccc1C. The smallest absolute Gasteiger partial charge is 0.00974 e. The third-order valence-electron chi connectivity index (χ3n) is 2.49. The van der Waals surface area contributed by atoms with Crippen molar-refractivity contribution in [2.75, 3.05) is 0 Å². The average molecular weight is 242 g/mol. The Morgan fingerprint density at radius 2 is 1.89 bits per heavy atom. The van der Waals surface area contributed by atoms with Crippen LogP contribution in [0.5, 0.6) is 0 Å². The van der Waals surface area contributed by atoms with Gasteiger partial charge in [-0.15, -0.1) is 6.58 Å². The maximum Gasteiger partial charge on any atom is -0.00974 e. The van der Waals surface area contributed by atoms with Crippen LogP contribution in [-0.4, -0.2) is 0 Å². The van der Waals surface area contributed by atoms with Crippen molar-refractivity contribution in [3.8, 4) is 0 Å². The summed E-state index contributed by atoms with van der Waals surface area (Å²) in [6, 6.07) is 6.52. The van der Waals surface area contributed by atoms with Crippen molar-refractivity contribution in [2.45, 2.75) is 41.0 Å². The lowest BCUT2D eigenvalue weighted by Crippen LogP contribution is -1.87.